The molecule has 0 spiro atoms. The van der Waals surface area contributed by atoms with Crippen molar-refractivity contribution in [2.45, 2.75) is 84.3 Å². The zero-order valence-corrected chi connectivity index (χ0v) is 26.8. The maximum absolute atomic E-state index is 13.7. The van der Waals surface area contributed by atoms with E-state index < -0.39 is 31.1 Å². The van der Waals surface area contributed by atoms with Gasteiger partial charge in [-0.25, -0.2) is 9.59 Å². The summed E-state index contributed by atoms with van der Waals surface area (Å²) in [5.74, 6) is -2.83. The highest BCUT2D eigenvalue weighted by molar-refractivity contribution is 6.73. The third-order valence-corrected chi connectivity index (χ3v) is 14.2. The number of fused-ring (bicyclic) bond motifs is 1. The first-order valence-electron chi connectivity index (χ1n) is 15.1. The maximum atomic E-state index is 13.7. The number of nitro benzene ring substituents is 1. The summed E-state index contributed by atoms with van der Waals surface area (Å²) in [7, 11) is -2.00. The van der Waals surface area contributed by atoms with Gasteiger partial charge in [0.15, 0.2) is 8.32 Å². The van der Waals surface area contributed by atoms with Gasteiger partial charge in [0.25, 0.3) is 5.69 Å². The van der Waals surface area contributed by atoms with Crippen LogP contribution in [0.25, 0.3) is 0 Å². The van der Waals surface area contributed by atoms with Crippen LogP contribution in [0, 0.1) is 22.0 Å². The van der Waals surface area contributed by atoms with E-state index in [1.165, 1.54) is 24.0 Å². The normalized spacial score (nSPS) is 24.4. The number of nitrogens with one attached hydrogen (secondary N) is 1. The summed E-state index contributed by atoms with van der Waals surface area (Å²) >= 11 is 0. The Morgan fingerprint density at radius 1 is 1.12 bits per heavy atom. The van der Waals surface area contributed by atoms with Gasteiger partial charge < -0.3 is 19.4 Å². The van der Waals surface area contributed by atoms with Crippen molar-refractivity contribution >= 4 is 37.8 Å². The van der Waals surface area contributed by atoms with Crippen molar-refractivity contribution in [3.8, 4) is 0 Å². The average Bonchev–Trinajstić information content (AvgIpc) is 3.51. The molecule has 5 atom stereocenters. The standard InChI is InChI=1S/C30H42N4O8Si/c1-7-43(8-2,9-3)42-19(5)25-26-18(4)24(17-32-15-14-22(16-32)31-20(6)35)27(33(26)28(25)36)30(38)41-29(37)21-10-12-23(13-11-21)34(39)40/h10-13,18-19,22,25-26H,7-9,14-17H2,1-6H3,(H,31,35)/t18-,19?,22-,25+,26+/m0/s1. The predicted molar refractivity (Wildman–Crippen MR) is 160 cm³/mol. The summed E-state index contributed by atoms with van der Waals surface area (Å²) in [5, 5.41) is 13.9. The number of hydrogen-bond donors (Lipinski definition) is 1. The van der Waals surface area contributed by atoms with E-state index in [1.54, 1.807) is 0 Å². The zero-order chi connectivity index (χ0) is 31.6. The predicted octanol–water partition coefficient (Wildman–Crippen LogP) is 3.63. The Labute approximate surface area is 253 Å². The number of rotatable bonds is 12. The monoisotopic (exact) mass is 614 g/mol. The van der Waals surface area contributed by atoms with Crippen LogP contribution in [0.1, 0.15) is 58.3 Å². The lowest BCUT2D eigenvalue weighted by atomic mass is 9.77. The van der Waals surface area contributed by atoms with Crippen LogP contribution in [0.3, 0.4) is 0 Å². The van der Waals surface area contributed by atoms with Gasteiger partial charge in [-0.2, -0.15) is 0 Å². The SMILES string of the molecule is CC[Si](CC)(CC)OC(C)[C@H]1C(=O)N2C(C(=O)OC(=O)c3ccc([N+](=O)[O-])cc3)=C(CN3CC[C@H](NC(C)=O)C3)[C@H](C)[C@H]12. The van der Waals surface area contributed by atoms with Gasteiger partial charge >= 0.3 is 11.9 Å². The van der Waals surface area contributed by atoms with E-state index in [9.17, 15) is 29.3 Å². The summed E-state index contributed by atoms with van der Waals surface area (Å²) < 4.78 is 12.0. The molecule has 3 aliphatic heterocycles. The first-order valence-corrected chi connectivity index (χ1v) is 17.6. The molecule has 4 rings (SSSR count). The van der Waals surface area contributed by atoms with E-state index in [2.05, 4.69) is 31.0 Å². The van der Waals surface area contributed by atoms with Crippen LogP contribution < -0.4 is 5.32 Å². The molecular formula is C30H42N4O8Si. The molecular weight excluding hydrogens is 572 g/mol. The number of carbonyl (C=O) groups is 4. The minimum atomic E-state index is -2.00. The molecule has 0 saturated carbocycles. The summed E-state index contributed by atoms with van der Waals surface area (Å²) in [4.78, 5) is 65.8. The van der Waals surface area contributed by atoms with Crippen molar-refractivity contribution < 1.29 is 33.3 Å². The minimum Gasteiger partial charge on any atom is -0.413 e. The molecule has 0 aliphatic carbocycles. The van der Waals surface area contributed by atoms with Gasteiger partial charge in [-0.05, 0) is 49.2 Å². The number of nitrogens with zero attached hydrogens (tertiary/aromatic N) is 3. The maximum Gasteiger partial charge on any atom is 0.362 e. The molecule has 12 nitrogen and oxygen atoms in total. The lowest BCUT2D eigenvalue weighted by Crippen LogP contribution is -2.65. The van der Waals surface area contributed by atoms with Gasteiger partial charge in [-0.15, -0.1) is 0 Å². The minimum absolute atomic E-state index is 0.0102. The molecule has 1 aromatic carbocycles. The number of nitro groups is 1. The van der Waals surface area contributed by atoms with Crippen molar-refractivity contribution in [2.24, 2.45) is 11.8 Å². The van der Waals surface area contributed by atoms with E-state index in [0.717, 1.165) is 36.7 Å². The van der Waals surface area contributed by atoms with Crippen LogP contribution in [0.2, 0.25) is 18.1 Å². The molecule has 2 saturated heterocycles. The fourth-order valence-corrected chi connectivity index (χ4v) is 9.77. The number of carbonyl (C=O) groups excluding carboxylic acids is 4. The number of β-lactam (4-membered cyclic amide) rings is 1. The van der Waals surface area contributed by atoms with Crippen molar-refractivity contribution in [3.05, 3.63) is 51.2 Å². The second kappa shape index (κ2) is 13.1. The summed E-state index contributed by atoms with van der Waals surface area (Å²) in [6.45, 7) is 13.5. The van der Waals surface area contributed by atoms with Gasteiger partial charge in [0.1, 0.15) is 5.70 Å². The molecule has 2 fully saturated rings. The molecule has 0 radical (unpaired) electrons. The third-order valence-electron chi connectivity index (χ3n) is 9.44. The first-order chi connectivity index (χ1) is 20.4. The first kappa shape index (κ1) is 32.5. The fourth-order valence-electron chi connectivity index (χ4n) is 6.83. The van der Waals surface area contributed by atoms with Crippen molar-refractivity contribution in [2.75, 3.05) is 19.6 Å². The largest absolute Gasteiger partial charge is 0.413 e. The Bertz CT molecular complexity index is 1300. The molecule has 43 heavy (non-hydrogen) atoms. The van der Waals surface area contributed by atoms with Crippen LogP contribution in [0.15, 0.2) is 35.5 Å². The molecule has 0 bridgehead atoms. The van der Waals surface area contributed by atoms with Gasteiger partial charge in [0.05, 0.1) is 28.6 Å². The lowest BCUT2D eigenvalue weighted by molar-refractivity contribution is -0.384. The smallest absolute Gasteiger partial charge is 0.362 e. The Morgan fingerprint density at radius 2 is 1.74 bits per heavy atom. The van der Waals surface area contributed by atoms with E-state index in [0.29, 0.717) is 25.2 Å². The molecule has 1 N–H and O–H groups in total. The summed E-state index contributed by atoms with van der Waals surface area (Å²) in [5.41, 5.74) is 0.576. The number of amides is 2. The topological polar surface area (TPSA) is 148 Å². The number of likely N-dealkylation sites (tertiary alicyclic amines) is 1. The van der Waals surface area contributed by atoms with Gasteiger partial charge in [-0.3, -0.25) is 24.6 Å². The van der Waals surface area contributed by atoms with Crippen LogP contribution >= 0.6 is 0 Å². The van der Waals surface area contributed by atoms with E-state index in [1.807, 2.05) is 13.8 Å². The molecule has 0 aromatic heterocycles. The van der Waals surface area contributed by atoms with E-state index >= 15 is 0 Å². The molecule has 13 heteroatoms. The Hall–Kier alpha value is -3.42. The van der Waals surface area contributed by atoms with Crippen LogP contribution in [0.4, 0.5) is 5.69 Å². The van der Waals surface area contributed by atoms with Crippen molar-refractivity contribution in [3.63, 3.8) is 0 Å². The highest BCUT2D eigenvalue weighted by Crippen LogP contribution is 2.49. The second-order valence-corrected chi connectivity index (χ2v) is 16.6. The Morgan fingerprint density at radius 3 is 2.30 bits per heavy atom. The molecule has 1 unspecified atom stereocenters. The molecule has 234 valence electrons. The zero-order valence-electron chi connectivity index (χ0n) is 25.8. The van der Waals surface area contributed by atoms with Gasteiger partial charge in [0.2, 0.25) is 11.8 Å². The number of non-ortho nitro benzene ring substituents is 1. The Kier molecular flexibility index (Phi) is 9.87. The van der Waals surface area contributed by atoms with E-state index in [-0.39, 0.29) is 52.9 Å². The average molecular weight is 615 g/mol. The number of benzene rings is 1. The van der Waals surface area contributed by atoms with Crippen molar-refractivity contribution in [1.82, 2.24) is 15.1 Å². The van der Waals surface area contributed by atoms with Crippen LogP contribution in [-0.4, -0.2) is 84.6 Å². The van der Waals surface area contributed by atoms with Gasteiger partial charge in [0, 0.05) is 50.7 Å². The summed E-state index contributed by atoms with van der Waals surface area (Å²) in [6, 6.07) is 7.31. The quantitative estimate of drug-likeness (QED) is 0.0930. The van der Waals surface area contributed by atoms with Crippen molar-refractivity contribution in [1.29, 1.82) is 0 Å². The Balaban J connectivity index is 1.59. The number of ether oxygens (including phenoxy) is 1. The molecule has 2 amide bonds. The van der Waals surface area contributed by atoms with Crippen LogP contribution in [0.5, 0.6) is 0 Å². The summed E-state index contributed by atoms with van der Waals surface area (Å²) in [6.07, 6.45) is 0.439. The number of esters is 2. The van der Waals surface area contributed by atoms with Crippen LogP contribution in [-0.2, 0) is 23.5 Å². The van der Waals surface area contributed by atoms with Gasteiger partial charge in [-0.1, -0.05) is 27.7 Å². The molecule has 1 aromatic rings. The molecule has 3 heterocycles. The molecule has 3 aliphatic rings. The second-order valence-electron chi connectivity index (χ2n) is 11.9. The highest BCUT2D eigenvalue weighted by Gasteiger charge is 2.61. The fraction of sp³-hybridized carbons (Fsp3) is 0.600. The highest BCUT2D eigenvalue weighted by atomic mass is 28.4. The van der Waals surface area contributed by atoms with E-state index in [4.69, 9.17) is 9.16 Å². The lowest BCUT2D eigenvalue weighted by Gasteiger charge is -2.49. The third kappa shape index (κ3) is 6.43. The number of hydrogen-bond acceptors (Lipinski definition) is 9.